The van der Waals surface area contributed by atoms with Crippen LogP contribution in [0.1, 0.15) is 25.0 Å². The topological polar surface area (TPSA) is 55.6 Å². The number of benzene rings is 1. The van der Waals surface area contributed by atoms with E-state index in [2.05, 4.69) is 6.07 Å². The highest BCUT2D eigenvalue weighted by atomic mass is 16.5. The van der Waals surface area contributed by atoms with Gasteiger partial charge >= 0.3 is 0 Å². The van der Waals surface area contributed by atoms with E-state index in [-0.39, 0.29) is 5.91 Å². The zero-order chi connectivity index (χ0) is 14.6. The Balaban J connectivity index is 2.62. The largest absolute Gasteiger partial charge is 0.496 e. The molecule has 2 N–H and O–H groups in total. The van der Waals surface area contributed by atoms with E-state index < -0.39 is 5.54 Å². The molecular formula is C15H24N2O2. The van der Waals surface area contributed by atoms with Gasteiger partial charge in [0.15, 0.2) is 0 Å². The molecule has 106 valence electrons. The lowest BCUT2D eigenvalue weighted by molar-refractivity contribution is -0.134. The lowest BCUT2D eigenvalue weighted by Gasteiger charge is -2.25. The highest BCUT2D eigenvalue weighted by Crippen LogP contribution is 2.18. The van der Waals surface area contributed by atoms with Gasteiger partial charge in [0, 0.05) is 13.6 Å². The van der Waals surface area contributed by atoms with E-state index in [0.717, 1.165) is 17.7 Å². The van der Waals surface area contributed by atoms with Crippen LogP contribution in [-0.4, -0.2) is 37.0 Å². The molecule has 0 aliphatic carbocycles. The monoisotopic (exact) mass is 264 g/mol. The van der Waals surface area contributed by atoms with Crippen LogP contribution in [0.25, 0.3) is 0 Å². The first-order valence-corrected chi connectivity index (χ1v) is 6.43. The van der Waals surface area contributed by atoms with E-state index in [1.807, 2.05) is 19.1 Å². The van der Waals surface area contributed by atoms with Crippen LogP contribution in [0.2, 0.25) is 0 Å². The Morgan fingerprint density at radius 2 is 2.05 bits per heavy atom. The van der Waals surface area contributed by atoms with E-state index in [1.54, 1.807) is 32.9 Å². The molecule has 0 atom stereocenters. The van der Waals surface area contributed by atoms with Crippen molar-refractivity contribution in [2.75, 3.05) is 20.7 Å². The van der Waals surface area contributed by atoms with Crippen LogP contribution in [0.4, 0.5) is 0 Å². The summed E-state index contributed by atoms with van der Waals surface area (Å²) in [7, 11) is 3.45. The predicted molar refractivity (Wildman–Crippen MR) is 77.3 cm³/mol. The number of methoxy groups -OCH3 is 1. The zero-order valence-electron chi connectivity index (χ0n) is 12.5. The van der Waals surface area contributed by atoms with E-state index in [9.17, 15) is 4.79 Å². The molecule has 4 heteroatoms. The fraction of sp³-hybridized carbons (Fsp3) is 0.533. The summed E-state index contributed by atoms with van der Waals surface area (Å²) < 4.78 is 5.23. The minimum atomic E-state index is -0.815. The summed E-state index contributed by atoms with van der Waals surface area (Å²) in [5.74, 6) is 0.842. The number of nitrogens with two attached hydrogens (primary N) is 1. The Bertz CT molecular complexity index is 450. The molecule has 0 unspecified atom stereocenters. The smallest absolute Gasteiger partial charge is 0.241 e. The summed E-state index contributed by atoms with van der Waals surface area (Å²) in [6.45, 7) is 6.12. The number of nitrogens with zero attached hydrogens (tertiary/aromatic N) is 1. The van der Waals surface area contributed by atoms with Gasteiger partial charge in [0.05, 0.1) is 12.6 Å². The van der Waals surface area contributed by atoms with Gasteiger partial charge in [-0.15, -0.1) is 0 Å². The van der Waals surface area contributed by atoms with Crippen LogP contribution in [0, 0.1) is 6.92 Å². The van der Waals surface area contributed by atoms with Crippen molar-refractivity contribution in [3.63, 3.8) is 0 Å². The van der Waals surface area contributed by atoms with Crippen LogP contribution in [-0.2, 0) is 11.2 Å². The number of hydrogen-bond donors (Lipinski definition) is 1. The van der Waals surface area contributed by atoms with Crippen molar-refractivity contribution in [1.29, 1.82) is 0 Å². The lowest BCUT2D eigenvalue weighted by atomic mass is 10.0. The molecule has 0 radical (unpaired) electrons. The Hall–Kier alpha value is -1.55. The van der Waals surface area contributed by atoms with Gasteiger partial charge in [-0.05, 0) is 44.4 Å². The number of aryl methyl sites for hydroxylation is 1. The minimum absolute atomic E-state index is 0.0438. The van der Waals surface area contributed by atoms with Gasteiger partial charge in [0.1, 0.15) is 5.75 Å². The molecule has 0 aliphatic heterocycles. The number of amides is 1. The van der Waals surface area contributed by atoms with Crippen molar-refractivity contribution < 1.29 is 9.53 Å². The molecule has 0 aromatic heterocycles. The first-order chi connectivity index (χ1) is 8.75. The van der Waals surface area contributed by atoms with Crippen molar-refractivity contribution in [3.05, 3.63) is 29.3 Å². The molecule has 0 bridgehead atoms. The van der Waals surface area contributed by atoms with Gasteiger partial charge in [0.2, 0.25) is 5.91 Å². The Morgan fingerprint density at radius 1 is 1.42 bits per heavy atom. The molecule has 0 saturated carbocycles. The second kappa shape index (κ2) is 6.06. The minimum Gasteiger partial charge on any atom is -0.496 e. The maximum atomic E-state index is 11.9. The van der Waals surface area contributed by atoms with Crippen LogP contribution >= 0.6 is 0 Å². The average molecular weight is 264 g/mol. The molecule has 1 aromatic carbocycles. The van der Waals surface area contributed by atoms with Gasteiger partial charge in [0.25, 0.3) is 0 Å². The fourth-order valence-electron chi connectivity index (χ4n) is 1.99. The first-order valence-electron chi connectivity index (χ1n) is 6.43. The van der Waals surface area contributed by atoms with Gasteiger partial charge in [-0.2, -0.15) is 0 Å². The van der Waals surface area contributed by atoms with Crippen LogP contribution in [0.3, 0.4) is 0 Å². The Morgan fingerprint density at radius 3 is 2.53 bits per heavy atom. The first kappa shape index (κ1) is 15.5. The summed E-state index contributed by atoms with van der Waals surface area (Å²) in [6, 6.07) is 6.07. The maximum absolute atomic E-state index is 11.9. The molecule has 4 nitrogen and oxygen atoms in total. The molecular weight excluding hydrogens is 240 g/mol. The van der Waals surface area contributed by atoms with Crippen LogP contribution in [0.15, 0.2) is 18.2 Å². The summed E-state index contributed by atoms with van der Waals surface area (Å²) in [5.41, 5.74) is 7.28. The van der Waals surface area contributed by atoms with Crippen molar-refractivity contribution in [1.82, 2.24) is 4.90 Å². The number of ether oxygens (including phenoxy) is 1. The standard InChI is InChI=1S/C15H24N2O2/c1-11-10-12(6-7-13(11)19-5)8-9-17(4)14(18)15(2,3)16/h6-7,10H,8-9,16H2,1-5H3. The van der Waals surface area contributed by atoms with Gasteiger partial charge in [-0.25, -0.2) is 0 Å². The van der Waals surface area contributed by atoms with Gasteiger partial charge in [-0.3, -0.25) is 4.79 Å². The molecule has 0 heterocycles. The van der Waals surface area contributed by atoms with Crippen LogP contribution in [0.5, 0.6) is 5.75 Å². The van der Waals surface area contributed by atoms with E-state index in [1.165, 1.54) is 5.56 Å². The number of carbonyl (C=O) groups is 1. The van der Waals surface area contributed by atoms with E-state index >= 15 is 0 Å². The number of rotatable bonds is 5. The summed E-state index contributed by atoms with van der Waals surface area (Å²) in [6.07, 6.45) is 0.809. The number of likely N-dealkylation sites (N-methyl/N-ethyl adjacent to an activating group) is 1. The molecule has 0 spiro atoms. The quantitative estimate of drug-likeness (QED) is 0.881. The number of hydrogen-bond acceptors (Lipinski definition) is 3. The Labute approximate surface area is 115 Å². The van der Waals surface area contributed by atoms with Gasteiger partial charge < -0.3 is 15.4 Å². The summed E-state index contributed by atoms with van der Waals surface area (Å²) in [4.78, 5) is 13.6. The lowest BCUT2D eigenvalue weighted by Crippen LogP contribution is -2.50. The van der Waals surface area contributed by atoms with E-state index in [0.29, 0.717) is 6.54 Å². The SMILES string of the molecule is COc1ccc(CCN(C)C(=O)C(C)(C)N)cc1C. The molecule has 1 amide bonds. The van der Waals surface area contributed by atoms with E-state index in [4.69, 9.17) is 10.5 Å². The van der Waals surface area contributed by atoms with Crippen molar-refractivity contribution >= 4 is 5.91 Å². The fourth-order valence-corrected chi connectivity index (χ4v) is 1.99. The normalized spacial score (nSPS) is 11.3. The molecule has 0 aliphatic rings. The summed E-state index contributed by atoms with van der Waals surface area (Å²) >= 11 is 0. The molecule has 1 aromatic rings. The van der Waals surface area contributed by atoms with Crippen molar-refractivity contribution in [2.24, 2.45) is 5.73 Å². The molecule has 19 heavy (non-hydrogen) atoms. The Kier molecular flexibility index (Phi) is 4.95. The van der Waals surface area contributed by atoms with Crippen molar-refractivity contribution in [2.45, 2.75) is 32.7 Å². The second-order valence-electron chi connectivity index (χ2n) is 5.50. The highest BCUT2D eigenvalue weighted by Gasteiger charge is 2.25. The highest BCUT2D eigenvalue weighted by molar-refractivity contribution is 5.84. The number of carbonyl (C=O) groups excluding carboxylic acids is 1. The third-order valence-electron chi connectivity index (χ3n) is 3.09. The zero-order valence-corrected chi connectivity index (χ0v) is 12.5. The second-order valence-corrected chi connectivity index (χ2v) is 5.50. The van der Waals surface area contributed by atoms with Gasteiger partial charge in [-0.1, -0.05) is 12.1 Å². The molecule has 0 saturated heterocycles. The maximum Gasteiger partial charge on any atom is 0.241 e. The predicted octanol–water partition coefficient (Wildman–Crippen LogP) is 1.74. The van der Waals surface area contributed by atoms with Crippen LogP contribution < -0.4 is 10.5 Å². The average Bonchev–Trinajstić information content (AvgIpc) is 2.34. The van der Waals surface area contributed by atoms with Crippen molar-refractivity contribution in [3.8, 4) is 5.75 Å². The third kappa shape index (κ3) is 4.24. The third-order valence-corrected chi connectivity index (χ3v) is 3.09. The summed E-state index contributed by atoms with van der Waals surface area (Å²) in [5, 5.41) is 0. The molecule has 1 rings (SSSR count). The molecule has 0 fully saturated rings.